The standard InChI is InChI=1S/C60H39NO/c1-2-13-46-38-47(21-20-40(46)10-1)41-22-30-49(31-23-41)61(50-32-24-44(25-33-50)53-18-9-14-42-11-3-5-15-52(42)53)51-34-26-45(27-35-51)55-36-28-43-12-4-6-16-54(43)60(55)48-29-37-57-56-17-7-8-19-58(56)62-59(57)39-48/h1-39H. The van der Waals surface area contributed by atoms with E-state index < -0.39 is 0 Å². The second-order valence-corrected chi connectivity index (χ2v) is 16.1. The summed E-state index contributed by atoms with van der Waals surface area (Å²) in [6.07, 6.45) is 0. The Balaban J connectivity index is 0.958. The Bertz CT molecular complexity index is 3610. The lowest BCUT2D eigenvalue weighted by Crippen LogP contribution is -2.09. The minimum Gasteiger partial charge on any atom is -0.456 e. The molecule has 0 N–H and O–H groups in total. The minimum absolute atomic E-state index is 0.895. The van der Waals surface area contributed by atoms with Gasteiger partial charge in [-0.2, -0.15) is 0 Å². The summed E-state index contributed by atoms with van der Waals surface area (Å²) in [6, 6.07) is 85.5. The van der Waals surface area contributed by atoms with Gasteiger partial charge in [-0.3, -0.25) is 0 Å². The maximum Gasteiger partial charge on any atom is 0.136 e. The van der Waals surface area contributed by atoms with Crippen LogP contribution in [0, 0.1) is 0 Å². The molecule has 0 spiro atoms. The van der Waals surface area contributed by atoms with Crippen molar-refractivity contribution < 1.29 is 4.42 Å². The Kier molecular flexibility index (Phi) is 8.53. The van der Waals surface area contributed by atoms with Crippen LogP contribution in [0.1, 0.15) is 0 Å². The molecule has 0 amide bonds. The fourth-order valence-electron chi connectivity index (χ4n) is 9.38. The van der Waals surface area contributed by atoms with Gasteiger partial charge in [0.25, 0.3) is 0 Å². The molecule has 0 radical (unpaired) electrons. The molecule has 290 valence electrons. The maximum absolute atomic E-state index is 6.39. The molecule has 0 fully saturated rings. The van der Waals surface area contributed by atoms with Gasteiger partial charge in [0.1, 0.15) is 11.2 Å². The van der Waals surface area contributed by atoms with Crippen LogP contribution in [0.15, 0.2) is 241 Å². The SMILES string of the molecule is c1ccc2cc(-c3ccc(N(c4ccc(-c5ccc6ccccc6c5-c5ccc6c(c5)oc5ccccc56)cc4)c4ccc(-c5cccc6ccccc56)cc4)cc3)ccc2c1. The monoisotopic (exact) mass is 789 g/mol. The average Bonchev–Trinajstić information content (AvgIpc) is 3.72. The number of fused-ring (bicyclic) bond motifs is 6. The summed E-state index contributed by atoms with van der Waals surface area (Å²) in [5.74, 6) is 0. The van der Waals surface area contributed by atoms with Gasteiger partial charge < -0.3 is 9.32 Å². The molecule has 11 aromatic carbocycles. The van der Waals surface area contributed by atoms with Crippen LogP contribution in [0.2, 0.25) is 0 Å². The van der Waals surface area contributed by atoms with E-state index in [9.17, 15) is 0 Å². The van der Waals surface area contributed by atoms with Crippen molar-refractivity contribution >= 4 is 71.3 Å². The van der Waals surface area contributed by atoms with Crippen LogP contribution in [0.3, 0.4) is 0 Å². The third-order valence-electron chi connectivity index (χ3n) is 12.5. The predicted octanol–water partition coefficient (Wildman–Crippen LogP) is 17.2. The zero-order chi connectivity index (χ0) is 41.0. The Hall–Kier alpha value is -8.20. The molecule has 0 aliphatic heterocycles. The minimum atomic E-state index is 0.895. The van der Waals surface area contributed by atoms with Crippen LogP contribution >= 0.6 is 0 Å². The molecule has 1 heterocycles. The highest BCUT2D eigenvalue weighted by atomic mass is 16.3. The largest absolute Gasteiger partial charge is 0.456 e. The molecular formula is C60H39NO. The molecule has 12 rings (SSSR count). The van der Waals surface area contributed by atoms with E-state index in [4.69, 9.17) is 4.42 Å². The first-order chi connectivity index (χ1) is 30.7. The summed E-state index contributed by atoms with van der Waals surface area (Å²) < 4.78 is 6.39. The summed E-state index contributed by atoms with van der Waals surface area (Å²) >= 11 is 0. The number of rotatable bonds is 7. The molecule has 1 aromatic heterocycles. The van der Waals surface area contributed by atoms with Crippen LogP contribution in [0.5, 0.6) is 0 Å². The van der Waals surface area contributed by atoms with Crippen LogP contribution in [0.25, 0.3) is 98.8 Å². The Morgan fingerprint density at radius 2 is 0.758 bits per heavy atom. The topological polar surface area (TPSA) is 16.4 Å². The van der Waals surface area contributed by atoms with Crippen molar-refractivity contribution in [3.8, 4) is 44.5 Å². The van der Waals surface area contributed by atoms with Gasteiger partial charge >= 0.3 is 0 Å². The number of para-hydroxylation sites is 1. The fourth-order valence-corrected chi connectivity index (χ4v) is 9.38. The number of hydrogen-bond acceptors (Lipinski definition) is 2. The zero-order valence-electron chi connectivity index (χ0n) is 33.9. The van der Waals surface area contributed by atoms with Gasteiger partial charge in [-0.1, -0.05) is 176 Å². The second kappa shape index (κ2) is 14.8. The van der Waals surface area contributed by atoms with E-state index in [0.29, 0.717) is 0 Å². The third kappa shape index (κ3) is 6.20. The molecule has 0 atom stereocenters. The molecule has 0 saturated heterocycles. The highest BCUT2D eigenvalue weighted by Crippen LogP contribution is 2.43. The van der Waals surface area contributed by atoms with E-state index in [1.54, 1.807) is 0 Å². The Morgan fingerprint density at radius 1 is 0.258 bits per heavy atom. The molecule has 0 unspecified atom stereocenters. The van der Waals surface area contributed by atoms with Gasteiger partial charge in [0.15, 0.2) is 0 Å². The molecule has 0 saturated carbocycles. The number of anilines is 3. The normalized spacial score (nSPS) is 11.5. The lowest BCUT2D eigenvalue weighted by Gasteiger charge is -2.26. The van der Waals surface area contributed by atoms with Gasteiger partial charge in [0, 0.05) is 27.8 Å². The highest BCUT2D eigenvalue weighted by Gasteiger charge is 2.18. The quantitative estimate of drug-likeness (QED) is 0.160. The molecule has 0 aliphatic carbocycles. The summed E-state index contributed by atoms with van der Waals surface area (Å²) in [6.45, 7) is 0. The maximum atomic E-state index is 6.39. The van der Waals surface area contributed by atoms with Gasteiger partial charge in [-0.25, -0.2) is 0 Å². The van der Waals surface area contributed by atoms with Crippen molar-refractivity contribution in [3.05, 3.63) is 237 Å². The summed E-state index contributed by atoms with van der Waals surface area (Å²) in [4.78, 5) is 2.36. The zero-order valence-corrected chi connectivity index (χ0v) is 33.9. The first-order valence-corrected chi connectivity index (χ1v) is 21.2. The van der Waals surface area contributed by atoms with Gasteiger partial charge in [-0.15, -0.1) is 0 Å². The average molecular weight is 790 g/mol. The molecule has 0 bridgehead atoms. The van der Waals surface area contributed by atoms with Crippen LogP contribution in [-0.2, 0) is 0 Å². The smallest absolute Gasteiger partial charge is 0.136 e. The molecule has 62 heavy (non-hydrogen) atoms. The van der Waals surface area contributed by atoms with E-state index in [-0.39, 0.29) is 0 Å². The lowest BCUT2D eigenvalue weighted by atomic mass is 9.89. The van der Waals surface area contributed by atoms with Gasteiger partial charge in [0.05, 0.1) is 0 Å². The number of nitrogens with zero attached hydrogens (tertiary/aromatic N) is 1. The van der Waals surface area contributed by atoms with E-state index in [1.165, 1.54) is 65.7 Å². The van der Waals surface area contributed by atoms with Crippen LogP contribution in [-0.4, -0.2) is 0 Å². The second-order valence-electron chi connectivity index (χ2n) is 16.1. The molecule has 12 aromatic rings. The number of benzene rings is 11. The first kappa shape index (κ1) is 35.7. The summed E-state index contributed by atoms with van der Waals surface area (Å²) in [5.41, 5.74) is 14.5. The van der Waals surface area contributed by atoms with Crippen molar-refractivity contribution in [1.82, 2.24) is 0 Å². The highest BCUT2D eigenvalue weighted by molar-refractivity contribution is 6.09. The molecule has 2 heteroatoms. The van der Waals surface area contributed by atoms with Crippen molar-refractivity contribution in [1.29, 1.82) is 0 Å². The van der Waals surface area contributed by atoms with E-state index in [2.05, 4.69) is 229 Å². The number of furan rings is 1. The molecule has 2 nitrogen and oxygen atoms in total. The van der Waals surface area contributed by atoms with Crippen LogP contribution < -0.4 is 4.90 Å². The summed E-state index contributed by atoms with van der Waals surface area (Å²) in [7, 11) is 0. The van der Waals surface area contributed by atoms with Crippen molar-refractivity contribution in [3.63, 3.8) is 0 Å². The molecule has 0 aliphatic rings. The fraction of sp³-hybridized carbons (Fsp3) is 0. The Labute approximate surface area is 360 Å². The van der Waals surface area contributed by atoms with Crippen molar-refractivity contribution in [2.75, 3.05) is 4.90 Å². The Morgan fingerprint density at radius 3 is 1.48 bits per heavy atom. The van der Waals surface area contributed by atoms with Gasteiger partial charge in [0.2, 0.25) is 0 Å². The van der Waals surface area contributed by atoms with Crippen molar-refractivity contribution in [2.45, 2.75) is 0 Å². The number of hydrogen-bond donors (Lipinski definition) is 0. The van der Waals surface area contributed by atoms with E-state index >= 15 is 0 Å². The van der Waals surface area contributed by atoms with Crippen LogP contribution in [0.4, 0.5) is 17.1 Å². The first-order valence-electron chi connectivity index (χ1n) is 21.2. The predicted molar refractivity (Wildman–Crippen MR) is 263 cm³/mol. The summed E-state index contributed by atoms with van der Waals surface area (Å²) in [5, 5.41) is 9.67. The van der Waals surface area contributed by atoms with E-state index in [1.807, 2.05) is 12.1 Å². The van der Waals surface area contributed by atoms with Gasteiger partial charge in [-0.05, 0) is 137 Å². The third-order valence-corrected chi connectivity index (χ3v) is 12.5. The lowest BCUT2D eigenvalue weighted by molar-refractivity contribution is 0.669. The molecular weight excluding hydrogens is 751 g/mol. The van der Waals surface area contributed by atoms with Crippen molar-refractivity contribution in [2.24, 2.45) is 0 Å². The van der Waals surface area contributed by atoms with E-state index in [0.717, 1.165) is 50.1 Å².